The molecule has 4 aromatic rings. The predicted molar refractivity (Wildman–Crippen MR) is 116 cm³/mol. The van der Waals surface area contributed by atoms with E-state index in [4.69, 9.17) is 4.74 Å². The molecule has 0 saturated heterocycles. The fourth-order valence-corrected chi connectivity index (χ4v) is 3.10. The van der Waals surface area contributed by atoms with Gasteiger partial charge in [0, 0.05) is 29.8 Å². The molecule has 2 heterocycles. The molecule has 11 heteroatoms. The fraction of sp³-hybridized carbons (Fsp3) is 0.0870. The first-order valence-electron chi connectivity index (χ1n) is 9.85. The molecular weight excluding hydrogens is 451 g/mol. The van der Waals surface area contributed by atoms with Crippen LogP contribution in [0.5, 0.6) is 11.6 Å². The molecule has 2 aromatic heterocycles. The summed E-state index contributed by atoms with van der Waals surface area (Å²) in [6.45, 7) is 1.43. The number of nitrogens with zero attached hydrogens (tertiary/aromatic N) is 4. The molecule has 0 atom stereocenters. The Morgan fingerprint density at radius 2 is 1.79 bits per heavy atom. The maximum atomic E-state index is 13.5. The lowest BCUT2D eigenvalue weighted by molar-refractivity contribution is -0.137. The summed E-state index contributed by atoms with van der Waals surface area (Å²) in [5.41, 5.74) is -2.06. The van der Waals surface area contributed by atoms with E-state index in [2.05, 4.69) is 20.4 Å². The van der Waals surface area contributed by atoms with Crippen LogP contribution >= 0.6 is 0 Å². The minimum absolute atomic E-state index is 0.142. The number of aryl methyl sites for hydroxylation is 1. The molecule has 0 aliphatic heterocycles. The van der Waals surface area contributed by atoms with Gasteiger partial charge in [0.2, 0.25) is 11.3 Å². The van der Waals surface area contributed by atoms with Gasteiger partial charge in [-0.15, -0.1) is 0 Å². The maximum Gasteiger partial charge on any atom is 0.418 e. The molecule has 1 N–H and O–H groups in total. The molecule has 1 amide bonds. The Morgan fingerprint density at radius 1 is 1.06 bits per heavy atom. The van der Waals surface area contributed by atoms with E-state index in [1.54, 1.807) is 12.1 Å². The average molecular weight is 467 g/mol. The topological polar surface area (TPSA) is 99.0 Å². The van der Waals surface area contributed by atoms with Gasteiger partial charge in [0.25, 0.3) is 5.91 Å². The zero-order valence-corrected chi connectivity index (χ0v) is 17.6. The molecule has 0 aliphatic carbocycles. The molecule has 0 unspecified atom stereocenters. The Morgan fingerprint density at radius 3 is 2.47 bits per heavy atom. The number of aromatic nitrogens is 4. The van der Waals surface area contributed by atoms with Crippen molar-refractivity contribution in [1.29, 1.82) is 0 Å². The zero-order valence-electron chi connectivity index (χ0n) is 17.6. The number of amides is 1. The second-order valence-electron chi connectivity index (χ2n) is 7.05. The summed E-state index contributed by atoms with van der Waals surface area (Å²) in [5, 5.41) is 6.45. The third-order valence-electron chi connectivity index (χ3n) is 4.63. The van der Waals surface area contributed by atoms with Crippen molar-refractivity contribution in [1.82, 2.24) is 19.7 Å². The van der Waals surface area contributed by atoms with Crippen molar-refractivity contribution in [2.45, 2.75) is 13.1 Å². The molecule has 8 nitrogen and oxygen atoms in total. The first kappa shape index (κ1) is 22.6. The molecule has 0 saturated carbocycles. The molecule has 172 valence electrons. The van der Waals surface area contributed by atoms with Gasteiger partial charge in [-0.3, -0.25) is 14.6 Å². The normalized spacial score (nSPS) is 11.2. The summed E-state index contributed by atoms with van der Waals surface area (Å²) in [5.74, 6) is -0.160. The molecule has 0 bridgehead atoms. The van der Waals surface area contributed by atoms with Crippen LogP contribution in [0.1, 0.15) is 21.7 Å². The number of para-hydroxylation sites is 1. The van der Waals surface area contributed by atoms with Crippen molar-refractivity contribution < 1.29 is 22.7 Å². The van der Waals surface area contributed by atoms with E-state index in [0.717, 1.165) is 16.8 Å². The van der Waals surface area contributed by atoms with Crippen LogP contribution in [0.4, 0.5) is 18.9 Å². The van der Waals surface area contributed by atoms with Crippen LogP contribution in [0, 0.1) is 6.92 Å². The maximum absolute atomic E-state index is 13.5. The molecular formula is C23H16F3N5O3. The van der Waals surface area contributed by atoms with E-state index < -0.39 is 28.8 Å². The molecule has 2 aromatic carbocycles. The van der Waals surface area contributed by atoms with E-state index >= 15 is 0 Å². The van der Waals surface area contributed by atoms with E-state index in [1.165, 1.54) is 55.8 Å². The number of anilines is 1. The number of hydrogen-bond acceptors (Lipinski definition) is 6. The Bertz CT molecular complexity index is 1390. The first-order valence-corrected chi connectivity index (χ1v) is 9.85. The van der Waals surface area contributed by atoms with E-state index in [0.29, 0.717) is 11.4 Å². The second-order valence-corrected chi connectivity index (χ2v) is 7.05. The van der Waals surface area contributed by atoms with Crippen molar-refractivity contribution in [3.8, 4) is 17.3 Å². The Balaban J connectivity index is 1.60. The lowest BCUT2D eigenvalue weighted by Gasteiger charge is -2.16. The van der Waals surface area contributed by atoms with Crippen molar-refractivity contribution in [2.24, 2.45) is 0 Å². The molecule has 34 heavy (non-hydrogen) atoms. The largest absolute Gasteiger partial charge is 0.438 e. The minimum atomic E-state index is -4.65. The molecule has 0 fully saturated rings. The summed E-state index contributed by atoms with van der Waals surface area (Å²) in [4.78, 5) is 33.0. The first-order chi connectivity index (χ1) is 16.2. The number of carbonyl (C=O) groups excluding carboxylic acids is 1. The molecule has 0 radical (unpaired) electrons. The number of alkyl halides is 3. The highest BCUT2D eigenvalue weighted by atomic mass is 19.4. The van der Waals surface area contributed by atoms with Gasteiger partial charge in [-0.1, -0.05) is 12.1 Å². The highest BCUT2D eigenvalue weighted by Crippen LogP contribution is 2.33. The summed E-state index contributed by atoms with van der Waals surface area (Å²) < 4.78 is 46.8. The van der Waals surface area contributed by atoms with Gasteiger partial charge < -0.3 is 10.1 Å². The quantitative estimate of drug-likeness (QED) is 0.467. The predicted octanol–water partition coefficient (Wildman–Crippen LogP) is 4.39. The van der Waals surface area contributed by atoms with E-state index in [1.807, 2.05) is 0 Å². The van der Waals surface area contributed by atoms with Crippen LogP contribution < -0.4 is 15.5 Å². The monoisotopic (exact) mass is 467 g/mol. The van der Waals surface area contributed by atoms with Gasteiger partial charge in [0.15, 0.2) is 5.69 Å². The summed E-state index contributed by atoms with van der Waals surface area (Å²) in [6, 6.07) is 12.0. The molecule has 4 rings (SSSR count). The van der Waals surface area contributed by atoms with Gasteiger partial charge in [-0.2, -0.15) is 18.3 Å². The summed E-state index contributed by atoms with van der Waals surface area (Å²) >= 11 is 0. The lowest BCUT2D eigenvalue weighted by atomic mass is 10.1. The van der Waals surface area contributed by atoms with Crippen LogP contribution in [0.2, 0.25) is 0 Å². The Kier molecular flexibility index (Phi) is 6.09. The van der Waals surface area contributed by atoms with Crippen LogP contribution in [-0.4, -0.2) is 25.7 Å². The van der Waals surface area contributed by atoms with Crippen molar-refractivity contribution in [3.05, 3.63) is 100 Å². The summed E-state index contributed by atoms with van der Waals surface area (Å²) in [7, 11) is 0. The molecule has 0 aliphatic rings. The molecule has 0 spiro atoms. The lowest BCUT2D eigenvalue weighted by Crippen LogP contribution is -2.27. The van der Waals surface area contributed by atoms with Gasteiger partial charge in [-0.05, 0) is 43.3 Å². The number of benzene rings is 2. The third kappa shape index (κ3) is 4.93. The van der Waals surface area contributed by atoms with Gasteiger partial charge >= 0.3 is 6.18 Å². The number of hydrogen-bond donors (Lipinski definition) is 1. The Hall–Kier alpha value is -4.54. The Labute approximate surface area is 190 Å². The summed E-state index contributed by atoms with van der Waals surface area (Å²) in [6.07, 6.45) is -0.245. The number of ether oxygens (including phenoxy) is 1. The smallest absolute Gasteiger partial charge is 0.418 e. The number of rotatable bonds is 5. The second kappa shape index (κ2) is 9.14. The van der Waals surface area contributed by atoms with Crippen molar-refractivity contribution in [3.63, 3.8) is 0 Å². The number of halogens is 3. The van der Waals surface area contributed by atoms with Crippen LogP contribution in [0.3, 0.4) is 0 Å². The highest BCUT2D eigenvalue weighted by Gasteiger charge is 2.34. The SMILES string of the molecule is Cc1cc(=O)c(C(=O)Nc2ccc(Oc3cnccn3)cc2)nn1-c1ccccc1C(F)(F)F. The van der Waals surface area contributed by atoms with Gasteiger partial charge in [0.05, 0.1) is 17.4 Å². The van der Waals surface area contributed by atoms with Crippen LogP contribution in [0.25, 0.3) is 5.69 Å². The van der Waals surface area contributed by atoms with Crippen LogP contribution in [-0.2, 0) is 6.18 Å². The van der Waals surface area contributed by atoms with E-state index in [9.17, 15) is 22.8 Å². The third-order valence-corrected chi connectivity index (χ3v) is 4.63. The fourth-order valence-electron chi connectivity index (χ4n) is 3.10. The van der Waals surface area contributed by atoms with Gasteiger partial charge in [0.1, 0.15) is 5.75 Å². The zero-order chi connectivity index (χ0) is 24.3. The minimum Gasteiger partial charge on any atom is -0.438 e. The standard InChI is InChI=1S/C23H16F3N5O3/c1-14-12-19(32)21(30-31(14)18-5-3-2-4-17(18)23(24,25)26)22(33)29-15-6-8-16(9-7-15)34-20-13-27-10-11-28-20/h2-13H,1H3,(H,29,33). The van der Waals surface area contributed by atoms with Gasteiger partial charge in [-0.25, -0.2) is 9.67 Å². The number of carbonyl (C=O) groups is 1. The van der Waals surface area contributed by atoms with Crippen molar-refractivity contribution >= 4 is 11.6 Å². The van der Waals surface area contributed by atoms with Crippen LogP contribution in [0.15, 0.2) is 78.0 Å². The highest BCUT2D eigenvalue weighted by molar-refractivity contribution is 6.02. The van der Waals surface area contributed by atoms with E-state index in [-0.39, 0.29) is 17.3 Å². The number of nitrogens with one attached hydrogen (secondary N) is 1. The average Bonchev–Trinajstić information content (AvgIpc) is 2.80. The van der Waals surface area contributed by atoms with Crippen molar-refractivity contribution in [2.75, 3.05) is 5.32 Å².